The van der Waals surface area contributed by atoms with Crippen molar-refractivity contribution in [3.05, 3.63) is 59.3 Å². The van der Waals surface area contributed by atoms with E-state index >= 15 is 0 Å². The molecule has 0 unspecified atom stereocenters. The van der Waals surface area contributed by atoms with Crippen LogP contribution in [0.3, 0.4) is 0 Å². The van der Waals surface area contributed by atoms with Crippen molar-refractivity contribution in [1.29, 1.82) is 0 Å². The molecule has 2 aromatic carbocycles. The van der Waals surface area contributed by atoms with Gasteiger partial charge in [-0.1, -0.05) is 24.6 Å². The van der Waals surface area contributed by atoms with Crippen LogP contribution in [0.5, 0.6) is 11.5 Å². The molecule has 1 fully saturated rings. The van der Waals surface area contributed by atoms with Crippen molar-refractivity contribution in [2.45, 2.75) is 58.3 Å². The Morgan fingerprint density at radius 2 is 1.75 bits per heavy atom. The van der Waals surface area contributed by atoms with E-state index in [2.05, 4.69) is 12.1 Å². The first kappa shape index (κ1) is 28.1. The SMILES string of the molecule is COc1ccc2c(c1)c(C)c(C(=O)N1CCC3(CCCCc4ccccc4OCCCC(=O)N(C)C3)CC1)n2C. The Labute approximate surface area is 238 Å². The van der Waals surface area contributed by atoms with Crippen LogP contribution in [0.25, 0.3) is 10.9 Å². The van der Waals surface area contributed by atoms with Gasteiger partial charge in [-0.2, -0.15) is 0 Å². The lowest BCUT2D eigenvalue weighted by atomic mass is 9.73. The average Bonchev–Trinajstić information content (AvgIpc) is 3.22. The Balaban J connectivity index is 1.31. The molecule has 40 heavy (non-hydrogen) atoms. The van der Waals surface area contributed by atoms with Gasteiger partial charge in [-0.15, -0.1) is 0 Å². The number of benzene rings is 2. The van der Waals surface area contributed by atoms with Crippen molar-refractivity contribution in [2.75, 3.05) is 40.4 Å². The maximum Gasteiger partial charge on any atom is 0.270 e. The van der Waals surface area contributed by atoms with Gasteiger partial charge in [-0.25, -0.2) is 0 Å². The van der Waals surface area contributed by atoms with E-state index in [9.17, 15) is 9.59 Å². The summed E-state index contributed by atoms with van der Waals surface area (Å²) in [6.45, 7) is 4.75. The standard InChI is InChI=1S/C33H43N3O4/c1-24-27-22-26(39-4)14-15-28(27)35(3)31(24)32(38)36-19-17-33(18-20-36)16-8-7-11-25-10-5-6-12-29(25)40-21-9-13-30(37)34(2)23-33/h5-6,10,12,14-15,22H,7-9,11,13,16-21,23H2,1-4H3. The van der Waals surface area contributed by atoms with E-state index < -0.39 is 0 Å². The number of likely N-dealkylation sites (tertiary alicyclic amines) is 1. The third kappa shape index (κ3) is 5.70. The van der Waals surface area contributed by atoms with Gasteiger partial charge in [-0.05, 0) is 86.3 Å². The van der Waals surface area contributed by atoms with Gasteiger partial charge in [0, 0.05) is 51.1 Å². The van der Waals surface area contributed by atoms with E-state index in [1.165, 1.54) is 5.56 Å². The van der Waals surface area contributed by atoms with Crippen molar-refractivity contribution in [2.24, 2.45) is 12.5 Å². The summed E-state index contributed by atoms with van der Waals surface area (Å²) < 4.78 is 13.5. The van der Waals surface area contributed by atoms with Crippen molar-refractivity contribution < 1.29 is 19.1 Å². The van der Waals surface area contributed by atoms with Gasteiger partial charge in [0.25, 0.3) is 5.91 Å². The molecule has 5 rings (SSSR count). The summed E-state index contributed by atoms with van der Waals surface area (Å²) in [6.07, 6.45) is 7.25. The van der Waals surface area contributed by atoms with Crippen molar-refractivity contribution in [1.82, 2.24) is 14.4 Å². The van der Waals surface area contributed by atoms with E-state index in [0.717, 1.165) is 78.7 Å². The molecule has 0 atom stereocenters. The fourth-order valence-corrected chi connectivity index (χ4v) is 6.71. The van der Waals surface area contributed by atoms with Crippen LogP contribution in [0.2, 0.25) is 0 Å². The Morgan fingerprint density at radius 1 is 0.975 bits per heavy atom. The molecule has 214 valence electrons. The number of aromatic nitrogens is 1. The number of aryl methyl sites for hydroxylation is 3. The molecule has 0 aliphatic carbocycles. The van der Waals surface area contributed by atoms with Gasteiger partial charge in [0.1, 0.15) is 17.2 Å². The van der Waals surface area contributed by atoms with Gasteiger partial charge in [0.2, 0.25) is 5.91 Å². The highest BCUT2D eigenvalue weighted by molar-refractivity contribution is 6.02. The van der Waals surface area contributed by atoms with E-state index in [4.69, 9.17) is 9.47 Å². The van der Waals surface area contributed by atoms with E-state index in [-0.39, 0.29) is 17.2 Å². The maximum atomic E-state index is 13.8. The fraction of sp³-hybridized carbons (Fsp3) is 0.515. The lowest BCUT2D eigenvalue weighted by molar-refractivity contribution is -0.132. The van der Waals surface area contributed by atoms with Crippen LogP contribution in [-0.4, -0.2) is 66.6 Å². The number of ether oxygens (including phenoxy) is 2. The Morgan fingerprint density at radius 3 is 2.52 bits per heavy atom. The van der Waals surface area contributed by atoms with Crippen molar-refractivity contribution in [3.63, 3.8) is 0 Å². The highest BCUT2D eigenvalue weighted by atomic mass is 16.5. The molecule has 2 aliphatic heterocycles. The zero-order valence-corrected chi connectivity index (χ0v) is 24.5. The number of rotatable bonds is 2. The molecule has 7 heteroatoms. The highest BCUT2D eigenvalue weighted by Gasteiger charge is 2.38. The molecule has 0 radical (unpaired) electrons. The topological polar surface area (TPSA) is 64.0 Å². The lowest BCUT2D eigenvalue weighted by Crippen LogP contribution is -2.48. The third-order valence-electron chi connectivity index (χ3n) is 9.14. The molecular formula is C33H43N3O4. The molecule has 3 heterocycles. The smallest absolute Gasteiger partial charge is 0.270 e. The molecule has 7 nitrogen and oxygen atoms in total. The number of para-hydroxylation sites is 1. The van der Waals surface area contributed by atoms with Crippen LogP contribution in [0.4, 0.5) is 0 Å². The normalized spacial score (nSPS) is 18.8. The summed E-state index contributed by atoms with van der Waals surface area (Å²) >= 11 is 0. The van der Waals surface area contributed by atoms with Crippen LogP contribution in [-0.2, 0) is 18.3 Å². The molecule has 1 spiro atoms. The number of carbonyl (C=O) groups is 2. The minimum absolute atomic E-state index is 0.0304. The minimum atomic E-state index is 0.0304. The summed E-state index contributed by atoms with van der Waals surface area (Å²) in [7, 11) is 5.58. The van der Waals surface area contributed by atoms with E-state index in [1.807, 2.05) is 65.7 Å². The summed E-state index contributed by atoms with van der Waals surface area (Å²) in [5.74, 6) is 2.01. The monoisotopic (exact) mass is 545 g/mol. The number of methoxy groups -OCH3 is 1. The zero-order chi connectivity index (χ0) is 28.3. The van der Waals surface area contributed by atoms with Crippen LogP contribution in [0.1, 0.15) is 66.6 Å². The van der Waals surface area contributed by atoms with Crippen molar-refractivity contribution >= 4 is 22.7 Å². The summed E-state index contributed by atoms with van der Waals surface area (Å²) in [5, 5.41) is 1.05. The molecule has 2 amide bonds. The van der Waals surface area contributed by atoms with Gasteiger partial charge >= 0.3 is 0 Å². The van der Waals surface area contributed by atoms with Gasteiger partial charge in [-0.3, -0.25) is 9.59 Å². The van der Waals surface area contributed by atoms with Crippen LogP contribution in [0, 0.1) is 12.3 Å². The number of fused-ring (bicyclic) bond motifs is 2. The second kappa shape index (κ2) is 11.9. The van der Waals surface area contributed by atoms with E-state index in [0.29, 0.717) is 32.5 Å². The number of hydrogen-bond acceptors (Lipinski definition) is 4. The molecule has 1 saturated heterocycles. The number of nitrogens with zero attached hydrogens (tertiary/aromatic N) is 3. The number of carbonyl (C=O) groups excluding carboxylic acids is 2. The third-order valence-corrected chi connectivity index (χ3v) is 9.14. The van der Waals surface area contributed by atoms with Crippen LogP contribution in [0.15, 0.2) is 42.5 Å². The molecule has 1 aromatic heterocycles. The quantitative estimate of drug-likeness (QED) is 0.411. The van der Waals surface area contributed by atoms with Crippen molar-refractivity contribution in [3.8, 4) is 11.5 Å². The Bertz CT molecular complexity index is 1370. The molecule has 0 bridgehead atoms. The van der Waals surface area contributed by atoms with Gasteiger partial charge in [0.05, 0.1) is 13.7 Å². The summed E-state index contributed by atoms with van der Waals surface area (Å²) in [4.78, 5) is 30.8. The van der Waals surface area contributed by atoms with Gasteiger partial charge in [0.15, 0.2) is 0 Å². The summed E-state index contributed by atoms with van der Waals surface area (Å²) in [6, 6.07) is 14.3. The first-order valence-corrected chi connectivity index (χ1v) is 14.7. The number of amides is 2. The van der Waals surface area contributed by atoms with E-state index in [1.54, 1.807) is 7.11 Å². The largest absolute Gasteiger partial charge is 0.497 e. The average molecular weight is 546 g/mol. The maximum absolute atomic E-state index is 13.8. The minimum Gasteiger partial charge on any atom is -0.497 e. The fourth-order valence-electron chi connectivity index (χ4n) is 6.71. The second-order valence-electron chi connectivity index (χ2n) is 11.7. The first-order valence-electron chi connectivity index (χ1n) is 14.7. The predicted molar refractivity (Wildman–Crippen MR) is 158 cm³/mol. The predicted octanol–water partition coefficient (Wildman–Crippen LogP) is 5.76. The number of piperidine rings is 1. The number of hydrogen-bond donors (Lipinski definition) is 0. The van der Waals surface area contributed by atoms with Crippen LogP contribution >= 0.6 is 0 Å². The highest BCUT2D eigenvalue weighted by Crippen LogP contribution is 2.39. The molecule has 3 aromatic rings. The molecule has 0 saturated carbocycles. The first-order chi connectivity index (χ1) is 19.3. The molecule has 0 N–H and O–H groups in total. The molecular weight excluding hydrogens is 502 g/mol. The van der Waals surface area contributed by atoms with Crippen LogP contribution < -0.4 is 9.47 Å². The zero-order valence-electron chi connectivity index (χ0n) is 24.5. The summed E-state index contributed by atoms with van der Waals surface area (Å²) in [5.41, 5.74) is 4.06. The van der Waals surface area contributed by atoms with Gasteiger partial charge < -0.3 is 23.8 Å². The Kier molecular flexibility index (Phi) is 8.38. The second-order valence-corrected chi connectivity index (χ2v) is 11.7. The lowest BCUT2D eigenvalue weighted by Gasteiger charge is -2.44. The molecule has 2 aliphatic rings. The Hall–Kier alpha value is -3.48.